The van der Waals surface area contributed by atoms with Crippen molar-refractivity contribution in [2.24, 2.45) is 11.8 Å². The van der Waals surface area contributed by atoms with Crippen molar-refractivity contribution in [3.05, 3.63) is 54.1 Å². The fourth-order valence-corrected chi connectivity index (χ4v) is 4.95. The van der Waals surface area contributed by atoms with Gasteiger partial charge in [0.15, 0.2) is 0 Å². The average molecular weight is 465 g/mol. The summed E-state index contributed by atoms with van der Waals surface area (Å²) in [6, 6.07) is 14.6. The fourth-order valence-electron chi connectivity index (χ4n) is 4.95. The number of aliphatic hydroxyl groups excluding tert-OH is 2. The number of benzene rings is 2. The molecule has 0 spiro atoms. The number of rotatable bonds is 11. The number of nitrogens with zero attached hydrogens (tertiary/aromatic N) is 1. The van der Waals surface area contributed by atoms with Crippen LogP contribution in [-0.2, 0) is 9.59 Å². The van der Waals surface area contributed by atoms with Gasteiger partial charge in [-0.2, -0.15) is 0 Å². The molecular weight excluding hydrogens is 428 g/mol. The second-order valence-electron chi connectivity index (χ2n) is 9.61. The lowest BCUT2D eigenvalue weighted by atomic mass is 9.90. The quantitative estimate of drug-likeness (QED) is 0.465. The Balaban J connectivity index is 1.68. The highest BCUT2D eigenvalue weighted by molar-refractivity contribution is 6.06. The Kier molecular flexibility index (Phi) is 8.01. The number of anilines is 1. The number of hydrogen-bond donors (Lipinski definition) is 3. The molecular formula is C28H36N2O4. The third-order valence-electron chi connectivity index (χ3n) is 7.04. The van der Waals surface area contributed by atoms with Crippen LogP contribution in [0.2, 0.25) is 0 Å². The van der Waals surface area contributed by atoms with Gasteiger partial charge in [-0.1, -0.05) is 75.1 Å². The average Bonchev–Trinajstić information content (AvgIpc) is 3.69. The lowest BCUT2D eigenvalue weighted by Gasteiger charge is -2.29. The van der Waals surface area contributed by atoms with Crippen LogP contribution in [0.4, 0.5) is 5.69 Å². The molecule has 34 heavy (non-hydrogen) atoms. The molecule has 1 fully saturated rings. The summed E-state index contributed by atoms with van der Waals surface area (Å²) in [6.07, 6.45) is 5.00. The molecule has 0 saturated heterocycles. The molecule has 6 nitrogen and oxygen atoms in total. The summed E-state index contributed by atoms with van der Waals surface area (Å²) in [6.45, 7) is 2.41. The largest absolute Gasteiger partial charge is 0.396 e. The van der Waals surface area contributed by atoms with Crippen molar-refractivity contribution in [3.8, 4) is 11.1 Å². The van der Waals surface area contributed by atoms with E-state index in [1.54, 1.807) is 4.90 Å². The summed E-state index contributed by atoms with van der Waals surface area (Å²) in [5.41, 5.74) is 3.38. The van der Waals surface area contributed by atoms with Crippen molar-refractivity contribution >= 4 is 17.5 Å². The molecule has 1 saturated carbocycles. The number of para-hydroxylation sites is 1. The van der Waals surface area contributed by atoms with Crippen molar-refractivity contribution in [1.82, 2.24) is 5.32 Å². The highest BCUT2D eigenvalue weighted by Crippen LogP contribution is 2.41. The summed E-state index contributed by atoms with van der Waals surface area (Å²) < 4.78 is 0. The lowest BCUT2D eigenvalue weighted by molar-refractivity contribution is -0.133. The SMILES string of the molecule is CCCC[C@H](O)[C@@H](CC1CC1)C(=O)N[C@H]1C(=O)N(CCCO)c2ccccc2-c2ccccc21. The van der Waals surface area contributed by atoms with Crippen LogP contribution in [0, 0.1) is 11.8 Å². The van der Waals surface area contributed by atoms with Crippen molar-refractivity contribution in [1.29, 1.82) is 0 Å². The summed E-state index contributed by atoms with van der Waals surface area (Å²) >= 11 is 0. The molecule has 2 aromatic carbocycles. The molecule has 2 aromatic rings. The molecule has 3 N–H and O–H groups in total. The maximum Gasteiger partial charge on any atom is 0.254 e. The first-order valence-corrected chi connectivity index (χ1v) is 12.6. The first-order chi connectivity index (χ1) is 16.5. The zero-order chi connectivity index (χ0) is 24.1. The van der Waals surface area contributed by atoms with Crippen LogP contribution >= 0.6 is 0 Å². The van der Waals surface area contributed by atoms with Gasteiger partial charge in [0, 0.05) is 18.7 Å². The minimum atomic E-state index is -0.852. The van der Waals surface area contributed by atoms with Crippen LogP contribution < -0.4 is 10.2 Å². The van der Waals surface area contributed by atoms with Crippen molar-refractivity contribution < 1.29 is 19.8 Å². The van der Waals surface area contributed by atoms with Gasteiger partial charge in [0.25, 0.3) is 5.91 Å². The molecule has 3 atom stereocenters. The zero-order valence-electron chi connectivity index (χ0n) is 20.0. The third kappa shape index (κ3) is 5.34. The molecule has 1 heterocycles. The zero-order valence-corrected chi connectivity index (χ0v) is 20.0. The summed E-state index contributed by atoms with van der Waals surface area (Å²) in [5, 5.41) is 23.3. The summed E-state index contributed by atoms with van der Waals surface area (Å²) in [7, 11) is 0. The van der Waals surface area contributed by atoms with E-state index in [9.17, 15) is 19.8 Å². The van der Waals surface area contributed by atoms with Crippen LogP contribution in [0.5, 0.6) is 0 Å². The predicted octanol–water partition coefficient (Wildman–Crippen LogP) is 4.21. The maximum absolute atomic E-state index is 13.9. The molecule has 6 heteroatoms. The van der Waals surface area contributed by atoms with E-state index in [1.807, 2.05) is 48.5 Å². The van der Waals surface area contributed by atoms with E-state index in [4.69, 9.17) is 0 Å². The van der Waals surface area contributed by atoms with Gasteiger partial charge in [-0.3, -0.25) is 9.59 Å². The third-order valence-corrected chi connectivity index (χ3v) is 7.04. The van der Waals surface area contributed by atoms with Crippen LogP contribution in [0.1, 0.15) is 63.5 Å². The van der Waals surface area contributed by atoms with E-state index in [1.165, 1.54) is 0 Å². The van der Waals surface area contributed by atoms with Gasteiger partial charge in [-0.05, 0) is 42.4 Å². The number of aliphatic hydroxyl groups is 2. The molecule has 4 rings (SSSR count). The number of fused-ring (bicyclic) bond motifs is 3. The molecule has 0 aromatic heterocycles. The van der Waals surface area contributed by atoms with Crippen LogP contribution in [0.25, 0.3) is 11.1 Å². The number of carbonyl (C=O) groups is 2. The van der Waals surface area contributed by atoms with Gasteiger partial charge in [0.1, 0.15) is 6.04 Å². The Morgan fingerprint density at radius 3 is 2.50 bits per heavy atom. The molecule has 2 amide bonds. The van der Waals surface area contributed by atoms with Gasteiger partial charge in [0.2, 0.25) is 5.91 Å². The van der Waals surface area contributed by atoms with Crippen LogP contribution in [-0.4, -0.2) is 41.3 Å². The summed E-state index contributed by atoms with van der Waals surface area (Å²) in [5.74, 6) is -0.505. The molecule has 182 valence electrons. The highest BCUT2D eigenvalue weighted by Gasteiger charge is 2.38. The van der Waals surface area contributed by atoms with E-state index in [0.29, 0.717) is 31.7 Å². The predicted molar refractivity (Wildman–Crippen MR) is 133 cm³/mol. The van der Waals surface area contributed by atoms with E-state index in [-0.39, 0.29) is 18.4 Å². The molecule has 2 aliphatic rings. The second-order valence-corrected chi connectivity index (χ2v) is 9.61. The number of nitrogens with one attached hydrogen (secondary N) is 1. The van der Waals surface area contributed by atoms with Crippen molar-refractivity contribution in [3.63, 3.8) is 0 Å². The lowest BCUT2D eigenvalue weighted by Crippen LogP contribution is -2.46. The summed E-state index contributed by atoms with van der Waals surface area (Å²) in [4.78, 5) is 29.1. The van der Waals surface area contributed by atoms with Gasteiger partial charge >= 0.3 is 0 Å². The minimum absolute atomic E-state index is 0.0248. The smallest absolute Gasteiger partial charge is 0.254 e. The highest BCUT2D eigenvalue weighted by atomic mass is 16.3. The number of carbonyl (C=O) groups excluding carboxylic acids is 2. The Morgan fingerprint density at radius 1 is 1.09 bits per heavy atom. The number of amides is 2. The van der Waals surface area contributed by atoms with Crippen molar-refractivity contribution in [2.45, 2.75) is 64.0 Å². The number of hydrogen-bond acceptors (Lipinski definition) is 4. The molecule has 1 aliphatic carbocycles. The van der Waals surface area contributed by atoms with E-state index >= 15 is 0 Å². The van der Waals surface area contributed by atoms with Gasteiger partial charge in [-0.25, -0.2) is 0 Å². The fraction of sp³-hybridized carbons (Fsp3) is 0.500. The standard InChI is InChI=1S/C28H36N2O4/c1-2-3-13-25(32)23(18-19-14-15-19)27(33)29-26-22-11-5-4-9-20(22)21-10-6-7-12-24(21)30(28(26)34)16-8-17-31/h4-7,9-12,19,23,25-26,31-32H,2-3,8,13-18H2,1H3,(H,29,33)/t23-,25+,26-/m1/s1. The first-order valence-electron chi connectivity index (χ1n) is 12.6. The Hall–Kier alpha value is -2.70. The minimum Gasteiger partial charge on any atom is -0.396 e. The Labute approximate surface area is 202 Å². The van der Waals surface area contributed by atoms with Crippen molar-refractivity contribution in [2.75, 3.05) is 18.1 Å². The number of unbranched alkanes of at least 4 members (excludes halogenated alkanes) is 1. The van der Waals surface area contributed by atoms with E-state index in [2.05, 4.69) is 12.2 Å². The molecule has 0 bridgehead atoms. The molecule has 0 unspecified atom stereocenters. The second kappa shape index (κ2) is 11.2. The first kappa shape index (κ1) is 24.4. The van der Waals surface area contributed by atoms with E-state index in [0.717, 1.165) is 48.1 Å². The Bertz CT molecular complexity index is 1000. The van der Waals surface area contributed by atoms with Crippen LogP contribution in [0.3, 0.4) is 0 Å². The van der Waals surface area contributed by atoms with Gasteiger partial charge in [0.05, 0.1) is 17.7 Å². The maximum atomic E-state index is 13.9. The van der Waals surface area contributed by atoms with E-state index < -0.39 is 18.1 Å². The molecule has 1 aliphatic heterocycles. The monoisotopic (exact) mass is 464 g/mol. The normalized spacial score (nSPS) is 19.1. The molecule has 0 radical (unpaired) electrons. The Morgan fingerprint density at radius 2 is 1.79 bits per heavy atom. The van der Waals surface area contributed by atoms with Gasteiger partial charge in [-0.15, -0.1) is 0 Å². The topological polar surface area (TPSA) is 89.9 Å². The van der Waals surface area contributed by atoms with Crippen LogP contribution in [0.15, 0.2) is 48.5 Å². The van der Waals surface area contributed by atoms with Gasteiger partial charge < -0.3 is 20.4 Å².